The summed E-state index contributed by atoms with van der Waals surface area (Å²) in [5, 5.41) is 2.89. The number of pyridine rings is 1. The minimum atomic E-state index is -0.0571. The molecule has 0 atom stereocenters. The molecule has 0 aliphatic carbocycles. The van der Waals surface area contributed by atoms with E-state index in [0.29, 0.717) is 18.7 Å². The Balaban J connectivity index is 0.00000242. The molecule has 5 nitrogen and oxygen atoms in total. The van der Waals surface area contributed by atoms with E-state index in [0.717, 1.165) is 37.7 Å². The Hall–Kier alpha value is -1.04. The molecule has 132 valence electrons. The predicted octanol–water partition coefficient (Wildman–Crippen LogP) is 2.63. The Morgan fingerprint density at radius 2 is 2.00 bits per heavy atom. The van der Waals surface area contributed by atoms with Gasteiger partial charge in [0.2, 0.25) is 0 Å². The Kier molecular flexibility index (Phi) is 11.0. The Bertz CT molecular complexity index is 448. The molecule has 1 amide bonds. The average molecular weight is 363 g/mol. The fourth-order valence-corrected chi connectivity index (χ4v) is 2.52. The number of hydrogen-bond acceptors (Lipinski definition) is 4. The van der Waals surface area contributed by atoms with E-state index < -0.39 is 0 Å². The van der Waals surface area contributed by atoms with Crippen molar-refractivity contribution < 1.29 is 4.79 Å². The molecule has 0 bridgehead atoms. The van der Waals surface area contributed by atoms with Crippen LogP contribution >= 0.6 is 24.8 Å². The maximum atomic E-state index is 11.9. The topological polar surface area (TPSA) is 71.2 Å². The van der Waals surface area contributed by atoms with Crippen LogP contribution in [0.15, 0.2) is 18.3 Å². The van der Waals surface area contributed by atoms with Gasteiger partial charge in [-0.3, -0.25) is 4.79 Å². The minimum Gasteiger partial charge on any atom is -0.357 e. The molecule has 0 radical (unpaired) electrons. The van der Waals surface area contributed by atoms with Crippen molar-refractivity contribution in [2.24, 2.45) is 11.7 Å². The summed E-state index contributed by atoms with van der Waals surface area (Å²) in [6.45, 7) is 5.74. The zero-order chi connectivity index (χ0) is 15.1. The van der Waals surface area contributed by atoms with E-state index >= 15 is 0 Å². The van der Waals surface area contributed by atoms with Gasteiger partial charge in [-0.25, -0.2) is 4.98 Å². The summed E-state index contributed by atoms with van der Waals surface area (Å²) in [5.41, 5.74) is 6.05. The van der Waals surface area contributed by atoms with Gasteiger partial charge in [0.05, 0.1) is 5.56 Å². The molecule has 1 aromatic rings. The van der Waals surface area contributed by atoms with Gasteiger partial charge in [0.25, 0.3) is 5.91 Å². The fourth-order valence-electron chi connectivity index (χ4n) is 2.52. The first-order valence-corrected chi connectivity index (χ1v) is 7.90. The van der Waals surface area contributed by atoms with E-state index in [1.165, 1.54) is 12.8 Å². The van der Waals surface area contributed by atoms with Crippen LogP contribution in [0, 0.1) is 5.92 Å². The van der Waals surface area contributed by atoms with Crippen LogP contribution < -0.4 is 16.0 Å². The molecule has 1 aromatic heterocycles. The van der Waals surface area contributed by atoms with Gasteiger partial charge >= 0.3 is 0 Å². The van der Waals surface area contributed by atoms with E-state index in [-0.39, 0.29) is 30.7 Å². The molecule has 1 aliphatic heterocycles. The van der Waals surface area contributed by atoms with Crippen LogP contribution in [0.5, 0.6) is 0 Å². The van der Waals surface area contributed by atoms with Crippen molar-refractivity contribution in [3.63, 3.8) is 0 Å². The quantitative estimate of drug-likeness (QED) is 0.763. The molecule has 23 heavy (non-hydrogen) atoms. The SMILES string of the molecule is CC1CCN(c2ccc(C(=O)NCCCCN)cn2)CC1.Cl.Cl. The zero-order valence-electron chi connectivity index (χ0n) is 13.7. The molecule has 0 unspecified atom stereocenters. The van der Waals surface area contributed by atoms with E-state index in [1.807, 2.05) is 12.1 Å². The number of carbonyl (C=O) groups excluding carboxylic acids is 1. The molecule has 1 aliphatic rings. The second kappa shape index (κ2) is 11.5. The lowest BCUT2D eigenvalue weighted by molar-refractivity contribution is 0.0952. The summed E-state index contributed by atoms with van der Waals surface area (Å²) in [6, 6.07) is 3.81. The number of halogens is 2. The summed E-state index contributed by atoms with van der Waals surface area (Å²) in [7, 11) is 0. The number of anilines is 1. The second-order valence-corrected chi connectivity index (χ2v) is 5.83. The number of hydrogen-bond donors (Lipinski definition) is 2. The largest absolute Gasteiger partial charge is 0.357 e. The number of unbranched alkanes of at least 4 members (excludes halogenated alkanes) is 1. The lowest BCUT2D eigenvalue weighted by Crippen LogP contribution is -2.33. The number of carbonyl (C=O) groups is 1. The molecule has 0 saturated carbocycles. The molecule has 2 rings (SSSR count). The molecule has 1 fully saturated rings. The van der Waals surface area contributed by atoms with Crippen molar-refractivity contribution in [3.8, 4) is 0 Å². The number of nitrogens with two attached hydrogens (primary N) is 1. The third-order valence-electron chi connectivity index (χ3n) is 4.03. The van der Waals surface area contributed by atoms with Gasteiger partial charge in [-0.05, 0) is 50.3 Å². The summed E-state index contributed by atoms with van der Waals surface area (Å²) in [6.07, 6.45) is 5.95. The van der Waals surface area contributed by atoms with Crippen LogP contribution in [0.1, 0.15) is 43.0 Å². The number of amides is 1. The molecular weight excluding hydrogens is 335 g/mol. The molecule has 0 spiro atoms. The molecule has 2 heterocycles. The zero-order valence-corrected chi connectivity index (χ0v) is 15.3. The molecule has 3 N–H and O–H groups in total. The van der Waals surface area contributed by atoms with Crippen LogP contribution in [-0.2, 0) is 0 Å². The lowest BCUT2D eigenvalue weighted by atomic mass is 9.99. The number of rotatable bonds is 6. The van der Waals surface area contributed by atoms with Crippen molar-refractivity contribution in [1.82, 2.24) is 10.3 Å². The maximum Gasteiger partial charge on any atom is 0.252 e. The lowest BCUT2D eigenvalue weighted by Gasteiger charge is -2.31. The third kappa shape index (κ3) is 6.94. The van der Waals surface area contributed by atoms with Gasteiger partial charge in [-0.1, -0.05) is 6.92 Å². The number of nitrogens with zero attached hydrogens (tertiary/aromatic N) is 2. The summed E-state index contributed by atoms with van der Waals surface area (Å²) < 4.78 is 0. The van der Waals surface area contributed by atoms with Crippen molar-refractivity contribution >= 4 is 36.5 Å². The van der Waals surface area contributed by atoms with Gasteiger partial charge in [-0.2, -0.15) is 0 Å². The van der Waals surface area contributed by atoms with Gasteiger partial charge in [0, 0.05) is 25.8 Å². The van der Waals surface area contributed by atoms with E-state index in [9.17, 15) is 4.79 Å². The normalized spacial score (nSPS) is 14.6. The van der Waals surface area contributed by atoms with Crippen LogP contribution in [-0.4, -0.2) is 37.1 Å². The van der Waals surface area contributed by atoms with Gasteiger partial charge in [0.1, 0.15) is 5.82 Å². The fraction of sp³-hybridized carbons (Fsp3) is 0.625. The third-order valence-corrected chi connectivity index (χ3v) is 4.03. The predicted molar refractivity (Wildman–Crippen MR) is 100.0 cm³/mol. The monoisotopic (exact) mass is 362 g/mol. The highest BCUT2D eigenvalue weighted by atomic mass is 35.5. The maximum absolute atomic E-state index is 11.9. The Labute approximate surface area is 151 Å². The van der Waals surface area contributed by atoms with Crippen LogP contribution in [0.2, 0.25) is 0 Å². The number of nitrogens with one attached hydrogen (secondary N) is 1. The van der Waals surface area contributed by atoms with Gasteiger partial charge in [-0.15, -0.1) is 24.8 Å². The van der Waals surface area contributed by atoms with E-state index in [1.54, 1.807) is 6.20 Å². The standard InChI is InChI=1S/C16H26N4O.2ClH/c1-13-6-10-20(11-7-13)15-5-4-14(12-19-15)16(21)18-9-3-2-8-17;;/h4-5,12-13H,2-3,6-11,17H2,1H3,(H,18,21);2*1H. The van der Waals surface area contributed by atoms with Gasteiger partial charge < -0.3 is 16.0 Å². The average Bonchev–Trinajstić information content (AvgIpc) is 2.52. The summed E-state index contributed by atoms with van der Waals surface area (Å²) in [4.78, 5) is 18.7. The molecule has 7 heteroatoms. The van der Waals surface area contributed by atoms with Gasteiger partial charge in [0.15, 0.2) is 0 Å². The van der Waals surface area contributed by atoms with Crippen LogP contribution in [0.4, 0.5) is 5.82 Å². The molecular formula is C16H28Cl2N4O. The molecule has 0 aromatic carbocycles. The summed E-state index contributed by atoms with van der Waals surface area (Å²) in [5.74, 6) is 1.72. The highest BCUT2D eigenvalue weighted by Crippen LogP contribution is 2.21. The van der Waals surface area contributed by atoms with Crippen molar-refractivity contribution in [1.29, 1.82) is 0 Å². The second-order valence-electron chi connectivity index (χ2n) is 5.83. The Morgan fingerprint density at radius 1 is 1.30 bits per heavy atom. The van der Waals surface area contributed by atoms with Crippen LogP contribution in [0.3, 0.4) is 0 Å². The van der Waals surface area contributed by atoms with E-state index in [4.69, 9.17) is 5.73 Å². The number of piperidine rings is 1. The molecule has 1 saturated heterocycles. The highest BCUT2D eigenvalue weighted by Gasteiger charge is 2.17. The van der Waals surface area contributed by atoms with Crippen molar-refractivity contribution in [2.75, 3.05) is 31.1 Å². The smallest absolute Gasteiger partial charge is 0.252 e. The van der Waals surface area contributed by atoms with Crippen molar-refractivity contribution in [2.45, 2.75) is 32.6 Å². The first-order valence-electron chi connectivity index (χ1n) is 7.90. The van der Waals surface area contributed by atoms with E-state index in [2.05, 4.69) is 22.1 Å². The minimum absolute atomic E-state index is 0. The highest BCUT2D eigenvalue weighted by molar-refractivity contribution is 5.94. The van der Waals surface area contributed by atoms with Crippen molar-refractivity contribution in [3.05, 3.63) is 23.9 Å². The first-order chi connectivity index (χ1) is 10.2. The summed E-state index contributed by atoms with van der Waals surface area (Å²) >= 11 is 0. The Morgan fingerprint density at radius 3 is 2.57 bits per heavy atom. The number of aromatic nitrogens is 1. The van der Waals surface area contributed by atoms with Crippen LogP contribution in [0.25, 0.3) is 0 Å². The first kappa shape index (κ1) is 22.0.